The minimum Gasteiger partial charge on any atom is -0.465 e. The van der Waals surface area contributed by atoms with Gasteiger partial charge in [-0.15, -0.1) is 0 Å². The molecular formula is C23H26ClF3N4O6. The number of nitrogens with one attached hydrogen (secondary N) is 3. The van der Waals surface area contributed by atoms with Gasteiger partial charge < -0.3 is 21.1 Å². The van der Waals surface area contributed by atoms with Crippen molar-refractivity contribution in [2.75, 3.05) is 4.90 Å². The summed E-state index contributed by atoms with van der Waals surface area (Å²) < 4.78 is 40.2. The minimum absolute atomic E-state index is 0.0338. The maximum atomic E-state index is 13.4. The molecule has 37 heavy (non-hydrogen) atoms. The summed E-state index contributed by atoms with van der Waals surface area (Å²) in [7, 11) is 0. The molecule has 1 unspecified atom stereocenters. The Morgan fingerprint density at radius 2 is 1.89 bits per heavy atom. The highest BCUT2D eigenvalue weighted by Gasteiger charge is 2.44. The SMILES string of the molecule is CC(N(C(=O)O)c1ccc(Cl)cc1C(=O)N[C@@H](C[C@@H]1C[C@@H](C)NC1=O)C(=O)C(=O)NC1CC1)C(F)(F)F. The molecule has 4 N–H and O–H groups in total. The Bertz CT molecular complexity index is 1110. The summed E-state index contributed by atoms with van der Waals surface area (Å²) in [6, 6.07) is -1.38. The molecule has 202 valence electrons. The predicted molar refractivity (Wildman–Crippen MR) is 125 cm³/mol. The van der Waals surface area contributed by atoms with Gasteiger partial charge in [-0.1, -0.05) is 11.6 Å². The quantitative estimate of drug-likeness (QED) is 0.350. The Balaban J connectivity index is 1.94. The van der Waals surface area contributed by atoms with Gasteiger partial charge in [-0.05, 0) is 57.7 Å². The lowest BCUT2D eigenvalue weighted by molar-refractivity contribution is -0.143. The number of hydrogen-bond donors (Lipinski definition) is 4. The van der Waals surface area contributed by atoms with E-state index in [2.05, 4.69) is 16.0 Å². The first-order chi connectivity index (χ1) is 17.2. The van der Waals surface area contributed by atoms with Crippen LogP contribution in [0.3, 0.4) is 0 Å². The summed E-state index contributed by atoms with van der Waals surface area (Å²) in [5, 5.41) is 16.9. The van der Waals surface area contributed by atoms with Crippen molar-refractivity contribution in [1.82, 2.24) is 16.0 Å². The van der Waals surface area contributed by atoms with Crippen molar-refractivity contribution in [3.05, 3.63) is 28.8 Å². The Morgan fingerprint density at radius 3 is 2.41 bits per heavy atom. The zero-order valence-corrected chi connectivity index (χ0v) is 20.7. The van der Waals surface area contributed by atoms with Crippen LogP contribution in [-0.2, 0) is 14.4 Å². The monoisotopic (exact) mass is 546 g/mol. The third-order valence-corrected chi connectivity index (χ3v) is 6.44. The summed E-state index contributed by atoms with van der Waals surface area (Å²) in [5.74, 6) is -4.22. The van der Waals surface area contributed by atoms with Crippen LogP contribution in [0.25, 0.3) is 0 Å². The van der Waals surface area contributed by atoms with Gasteiger partial charge in [0.1, 0.15) is 6.04 Å². The molecule has 1 saturated carbocycles. The van der Waals surface area contributed by atoms with Gasteiger partial charge in [-0.2, -0.15) is 13.2 Å². The first-order valence-electron chi connectivity index (χ1n) is 11.5. The fraction of sp³-hybridized carbons (Fsp3) is 0.522. The summed E-state index contributed by atoms with van der Waals surface area (Å²) in [5.41, 5.74) is -1.18. The van der Waals surface area contributed by atoms with Crippen LogP contribution in [-0.4, -0.2) is 65.0 Å². The van der Waals surface area contributed by atoms with E-state index in [9.17, 15) is 42.3 Å². The van der Waals surface area contributed by atoms with Crippen molar-refractivity contribution in [3.63, 3.8) is 0 Å². The Labute approximate surface area is 214 Å². The number of anilines is 1. The maximum Gasteiger partial charge on any atom is 0.412 e. The molecule has 2 fully saturated rings. The lowest BCUT2D eigenvalue weighted by atomic mass is 9.93. The van der Waals surface area contributed by atoms with Gasteiger partial charge in [0, 0.05) is 23.0 Å². The molecule has 4 atom stereocenters. The van der Waals surface area contributed by atoms with Crippen molar-refractivity contribution in [2.45, 2.75) is 69.9 Å². The van der Waals surface area contributed by atoms with Crippen LogP contribution in [0.2, 0.25) is 5.02 Å². The van der Waals surface area contributed by atoms with E-state index in [1.54, 1.807) is 6.92 Å². The van der Waals surface area contributed by atoms with Crippen LogP contribution >= 0.6 is 11.6 Å². The van der Waals surface area contributed by atoms with Crippen molar-refractivity contribution in [3.8, 4) is 0 Å². The van der Waals surface area contributed by atoms with Crippen molar-refractivity contribution < 1.29 is 42.3 Å². The van der Waals surface area contributed by atoms with E-state index in [1.807, 2.05) is 0 Å². The van der Waals surface area contributed by atoms with Gasteiger partial charge in [0.2, 0.25) is 11.7 Å². The van der Waals surface area contributed by atoms with Crippen molar-refractivity contribution >= 4 is 46.9 Å². The molecule has 14 heteroatoms. The topological polar surface area (TPSA) is 145 Å². The number of halogens is 4. The highest BCUT2D eigenvalue weighted by atomic mass is 35.5. The highest BCUT2D eigenvalue weighted by molar-refractivity contribution is 6.38. The summed E-state index contributed by atoms with van der Waals surface area (Å²) in [4.78, 5) is 62.7. The second-order valence-electron chi connectivity index (χ2n) is 9.25. The lowest BCUT2D eigenvalue weighted by Crippen LogP contribution is -2.50. The summed E-state index contributed by atoms with van der Waals surface area (Å²) in [6.45, 7) is 2.35. The maximum absolute atomic E-state index is 13.4. The fourth-order valence-corrected chi connectivity index (χ4v) is 4.25. The number of carbonyl (C=O) groups excluding carboxylic acids is 4. The second kappa shape index (κ2) is 11.0. The van der Waals surface area contributed by atoms with Gasteiger partial charge in [0.25, 0.3) is 11.8 Å². The van der Waals surface area contributed by atoms with E-state index in [-0.39, 0.29) is 34.3 Å². The smallest absolute Gasteiger partial charge is 0.412 e. The van der Waals surface area contributed by atoms with Crippen LogP contribution in [0.4, 0.5) is 23.7 Å². The molecule has 10 nitrogen and oxygen atoms in total. The standard InChI is InChI=1S/C23H26ClF3N4O6/c1-10-7-12(19(33)28-10)8-16(18(32)21(35)29-14-4-5-14)30-20(34)15-9-13(24)3-6-17(15)31(22(36)37)11(2)23(25,26)27/h3,6,9-12,14,16H,4-5,7-8H2,1-2H3,(H,28,33)(H,29,35)(H,30,34)(H,36,37)/t10-,11?,12+,16+/m1/s1. The number of carboxylic acid groups (broad SMARTS) is 1. The average molecular weight is 547 g/mol. The Hall–Kier alpha value is -3.35. The van der Waals surface area contributed by atoms with E-state index in [0.717, 1.165) is 18.2 Å². The zero-order chi connectivity index (χ0) is 27.7. The molecule has 0 radical (unpaired) electrons. The number of Topliss-reactive ketones (excluding diaryl/α,β-unsaturated/α-hetero) is 1. The van der Waals surface area contributed by atoms with E-state index < -0.39 is 59.1 Å². The van der Waals surface area contributed by atoms with Gasteiger partial charge in [-0.25, -0.2) is 4.79 Å². The number of hydrogen-bond acceptors (Lipinski definition) is 5. The van der Waals surface area contributed by atoms with E-state index in [1.165, 1.54) is 0 Å². The lowest BCUT2D eigenvalue weighted by Gasteiger charge is -2.30. The van der Waals surface area contributed by atoms with Crippen LogP contribution in [0.1, 0.15) is 49.9 Å². The normalized spacial score (nSPS) is 21.0. The van der Waals surface area contributed by atoms with Crippen LogP contribution < -0.4 is 20.9 Å². The van der Waals surface area contributed by atoms with Gasteiger partial charge in [-0.3, -0.25) is 24.1 Å². The number of rotatable bonds is 9. The molecule has 4 amide bonds. The van der Waals surface area contributed by atoms with Crippen molar-refractivity contribution in [1.29, 1.82) is 0 Å². The number of nitrogens with zero attached hydrogens (tertiary/aromatic N) is 1. The molecule has 3 rings (SSSR count). The molecule has 0 bridgehead atoms. The summed E-state index contributed by atoms with van der Waals surface area (Å²) in [6.07, 6.45) is -5.47. The largest absolute Gasteiger partial charge is 0.465 e. The number of ketones is 1. The minimum atomic E-state index is -4.96. The van der Waals surface area contributed by atoms with Gasteiger partial charge in [0.05, 0.1) is 17.3 Å². The molecule has 1 aromatic carbocycles. The number of carbonyl (C=O) groups is 5. The van der Waals surface area contributed by atoms with Crippen LogP contribution in [0.15, 0.2) is 18.2 Å². The number of amides is 4. The molecule has 1 heterocycles. The zero-order valence-electron chi connectivity index (χ0n) is 19.9. The van der Waals surface area contributed by atoms with Crippen molar-refractivity contribution in [2.24, 2.45) is 5.92 Å². The predicted octanol–water partition coefficient (Wildman–Crippen LogP) is 2.64. The van der Waals surface area contributed by atoms with Crippen LogP contribution in [0.5, 0.6) is 0 Å². The molecular weight excluding hydrogens is 521 g/mol. The van der Waals surface area contributed by atoms with Gasteiger partial charge in [0.15, 0.2) is 0 Å². The fourth-order valence-electron chi connectivity index (χ4n) is 4.08. The molecule has 1 saturated heterocycles. The second-order valence-corrected chi connectivity index (χ2v) is 9.68. The van der Waals surface area contributed by atoms with Gasteiger partial charge >= 0.3 is 12.3 Å². The Kier molecular flexibility index (Phi) is 8.35. The molecule has 1 aliphatic carbocycles. The first-order valence-corrected chi connectivity index (χ1v) is 11.9. The van der Waals surface area contributed by atoms with E-state index in [0.29, 0.717) is 26.2 Å². The molecule has 2 aliphatic rings. The third kappa shape index (κ3) is 6.90. The molecule has 0 aromatic heterocycles. The third-order valence-electron chi connectivity index (χ3n) is 6.21. The number of alkyl halides is 3. The van der Waals surface area contributed by atoms with Crippen LogP contribution in [0, 0.1) is 5.92 Å². The van der Waals surface area contributed by atoms with E-state index >= 15 is 0 Å². The van der Waals surface area contributed by atoms with E-state index in [4.69, 9.17) is 11.6 Å². The molecule has 0 spiro atoms. The summed E-state index contributed by atoms with van der Waals surface area (Å²) >= 11 is 5.95. The average Bonchev–Trinajstić information content (AvgIpc) is 3.55. The Morgan fingerprint density at radius 1 is 1.24 bits per heavy atom. The number of benzene rings is 1. The molecule has 1 aromatic rings. The highest BCUT2D eigenvalue weighted by Crippen LogP contribution is 2.33. The molecule has 1 aliphatic heterocycles. The first kappa shape index (κ1) is 28.2.